The summed E-state index contributed by atoms with van der Waals surface area (Å²) in [7, 11) is 1.39. The third kappa shape index (κ3) is 2.78. The average molecular weight is 321 g/mol. The van der Waals surface area contributed by atoms with Gasteiger partial charge in [0.15, 0.2) is 5.69 Å². The first-order valence-corrected chi connectivity index (χ1v) is 7.27. The van der Waals surface area contributed by atoms with Gasteiger partial charge in [-0.15, -0.1) is 0 Å². The number of benzene rings is 1. The minimum Gasteiger partial charge on any atom is -0.493 e. The van der Waals surface area contributed by atoms with Crippen LogP contribution in [-0.2, 0) is 12.6 Å². The number of nitrogens with zero attached hydrogens (tertiary/aromatic N) is 2. The van der Waals surface area contributed by atoms with Crippen molar-refractivity contribution >= 4 is 5.91 Å². The molecule has 1 aromatic carbocycles. The maximum atomic E-state index is 12.8. The Labute approximate surface area is 132 Å². The fourth-order valence-corrected chi connectivity index (χ4v) is 2.79. The molecule has 1 aliphatic heterocycles. The summed E-state index contributed by atoms with van der Waals surface area (Å²) >= 11 is 0. The zero-order valence-electron chi connectivity index (χ0n) is 12.8. The first-order valence-electron chi connectivity index (χ1n) is 7.27. The quantitative estimate of drug-likeness (QED) is 0.946. The molecule has 0 saturated carbocycles. The van der Waals surface area contributed by atoms with Crippen molar-refractivity contribution in [1.29, 1.82) is 0 Å². The van der Waals surface area contributed by atoms with Crippen LogP contribution in [0, 0.1) is 0 Å². The lowest BCUT2D eigenvalue weighted by Gasteiger charge is -2.36. The number of amides is 1. The smallest absolute Gasteiger partial charge is 0.280 e. The number of nitrogens with one attached hydrogen (secondary N) is 1. The molecule has 122 valence electrons. The van der Waals surface area contributed by atoms with Gasteiger partial charge >= 0.3 is 0 Å². The van der Waals surface area contributed by atoms with E-state index in [2.05, 4.69) is 10.4 Å². The number of carbonyl (C=O) groups is 1. The van der Waals surface area contributed by atoms with Crippen molar-refractivity contribution in [1.82, 2.24) is 15.1 Å². The van der Waals surface area contributed by atoms with E-state index in [4.69, 9.17) is 4.74 Å². The molecule has 0 saturated heterocycles. The van der Waals surface area contributed by atoms with Crippen LogP contribution >= 0.6 is 0 Å². The number of ether oxygens (including phenoxy) is 1. The number of halogens is 2. The van der Waals surface area contributed by atoms with Crippen molar-refractivity contribution in [2.24, 2.45) is 7.05 Å². The Kier molecular flexibility index (Phi) is 3.79. The summed E-state index contributed by atoms with van der Waals surface area (Å²) in [6, 6.07) is 8.58. The van der Waals surface area contributed by atoms with Crippen molar-refractivity contribution < 1.29 is 18.3 Å². The lowest BCUT2D eigenvalue weighted by atomic mass is 9.86. The van der Waals surface area contributed by atoms with Gasteiger partial charge in [-0.05, 0) is 19.1 Å². The minimum absolute atomic E-state index is 0.0204. The number of hydrogen-bond acceptors (Lipinski definition) is 3. The molecule has 1 aliphatic rings. The van der Waals surface area contributed by atoms with Crippen LogP contribution < -0.4 is 10.1 Å². The number of rotatable bonds is 3. The first-order chi connectivity index (χ1) is 10.9. The molecule has 0 spiro atoms. The van der Waals surface area contributed by atoms with Gasteiger partial charge in [-0.2, -0.15) is 5.10 Å². The molecule has 1 atom stereocenters. The van der Waals surface area contributed by atoms with Crippen LogP contribution in [0.4, 0.5) is 8.78 Å². The topological polar surface area (TPSA) is 56.2 Å². The molecule has 1 aromatic heterocycles. The number of aryl methyl sites for hydroxylation is 1. The summed E-state index contributed by atoms with van der Waals surface area (Å²) in [6.45, 7) is 2.36. The van der Waals surface area contributed by atoms with Crippen molar-refractivity contribution in [2.75, 3.05) is 6.61 Å². The second kappa shape index (κ2) is 5.64. The molecule has 2 heterocycles. The van der Waals surface area contributed by atoms with Crippen LogP contribution in [0.1, 0.15) is 41.5 Å². The lowest BCUT2D eigenvalue weighted by molar-refractivity contribution is 0.0867. The van der Waals surface area contributed by atoms with Crippen LogP contribution in [0.15, 0.2) is 30.3 Å². The Morgan fingerprint density at radius 1 is 1.43 bits per heavy atom. The Hall–Kier alpha value is -2.44. The van der Waals surface area contributed by atoms with E-state index in [1.54, 1.807) is 0 Å². The highest BCUT2D eigenvalue weighted by Crippen LogP contribution is 2.36. The predicted molar refractivity (Wildman–Crippen MR) is 79.5 cm³/mol. The number of alkyl halides is 2. The molecule has 7 heteroatoms. The zero-order chi connectivity index (χ0) is 16.6. The van der Waals surface area contributed by atoms with Gasteiger partial charge in [-0.3, -0.25) is 9.48 Å². The summed E-state index contributed by atoms with van der Waals surface area (Å²) in [6.07, 6.45) is -2.09. The van der Waals surface area contributed by atoms with Crippen molar-refractivity contribution in [2.45, 2.75) is 25.3 Å². The van der Waals surface area contributed by atoms with Crippen LogP contribution in [0.5, 0.6) is 5.75 Å². The summed E-state index contributed by atoms with van der Waals surface area (Å²) in [4.78, 5) is 12.4. The maximum absolute atomic E-state index is 12.8. The van der Waals surface area contributed by atoms with E-state index < -0.39 is 17.9 Å². The molecule has 5 nitrogen and oxygen atoms in total. The summed E-state index contributed by atoms with van der Waals surface area (Å²) < 4.78 is 32.3. The summed E-state index contributed by atoms with van der Waals surface area (Å²) in [5.74, 6) is 0.238. The first kappa shape index (κ1) is 15.5. The van der Waals surface area contributed by atoms with Gasteiger partial charge in [0.2, 0.25) is 0 Å². The third-order valence-electron chi connectivity index (χ3n) is 4.10. The Morgan fingerprint density at radius 3 is 2.87 bits per heavy atom. The molecule has 1 unspecified atom stereocenters. The molecular formula is C16H17F2N3O2. The highest BCUT2D eigenvalue weighted by molar-refractivity contribution is 5.93. The maximum Gasteiger partial charge on any atom is 0.280 e. The molecule has 2 aromatic rings. The second-order valence-corrected chi connectivity index (χ2v) is 5.76. The fraction of sp³-hybridized carbons (Fsp3) is 0.375. The number of fused-ring (bicyclic) bond motifs is 1. The van der Waals surface area contributed by atoms with Gasteiger partial charge in [-0.1, -0.05) is 18.2 Å². The SMILES string of the molecule is Cn1nc(C(=O)NC2(C)CCOc3ccccc32)cc1C(F)F. The van der Waals surface area contributed by atoms with Crippen molar-refractivity contribution in [3.05, 3.63) is 47.3 Å². The van der Waals surface area contributed by atoms with Gasteiger partial charge in [0, 0.05) is 19.0 Å². The fourth-order valence-electron chi connectivity index (χ4n) is 2.79. The van der Waals surface area contributed by atoms with Crippen molar-refractivity contribution in [3.8, 4) is 5.75 Å². The molecule has 3 rings (SSSR count). The number of carbonyl (C=O) groups excluding carboxylic acids is 1. The molecule has 0 aliphatic carbocycles. The number of hydrogen-bond donors (Lipinski definition) is 1. The molecule has 0 fully saturated rings. The standard InChI is InChI=1S/C16H17F2N3O2/c1-16(7-8-23-13-6-4-3-5-10(13)16)19-15(22)11-9-12(14(17)18)21(2)20-11/h3-6,9,14H,7-8H2,1-2H3,(H,19,22). The predicted octanol–water partition coefficient (Wildman–Crippen LogP) is 2.79. The Morgan fingerprint density at radius 2 is 2.17 bits per heavy atom. The normalized spacial score (nSPS) is 20.0. The highest BCUT2D eigenvalue weighted by atomic mass is 19.3. The van der Waals surface area contributed by atoms with Gasteiger partial charge < -0.3 is 10.1 Å². The molecule has 1 N–H and O–H groups in total. The van der Waals surface area contributed by atoms with Crippen LogP contribution in [0.2, 0.25) is 0 Å². The van der Waals surface area contributed by atoms with E-state index in [9.17, 15) is 13.6 Å². The van der Waals surface area contributed by atoms with Crippen LogP contribution in [-0.4, -0.2) is 22.3 Å². The van der Waals surface area contributed by atoms with E-state index in [-0.39, 0.29) is 11.4 Å². The zero-order valence-corrected chi connectivity index (χ0v) is 12.8. The van der Waals surface area contributed by atoms with Gasteiger partial charge in [0.25, 0.3) is 12.3 Å². The van der Waals surface area contributed by atoms with Gasteiger partial charge in [-0.25, -0.2) is 8.78 Å². The molecule has 0 radical (unpaired) electrons. The minimum atomic E-state index is -2.67. The lowest BCUT2D eigenvalue weighted by Crippen LogP contribution is -2.46. The monoisotopic (exact) mass is 321 g/mol. The summed E-state index contributed by atoms with van der Waals surface area (Å²) in [5.41, 5.74) is -0.0701. The van der Waals surface area contributed by atoms with E-state index in [0.29, 0.717) is 13.0 Å². The average Bonchev–Trinajstić information content (AvgIpc) is 2.90. The van der Waals surface area contributed by atoms with E-state index in [0.717, 1.165) is 22.1 Å². The molecular weight excluding hydrogens is 304 g/mol. The van der Waals surface area contributed by atoms with E-state index in [1.165, 1.54) is 7.05 Å². The summed E-state index contributed by atoms with van der Waals surface area (Å²) in [5, 5.41) is 6.79. The number of para-hydroxylation sites is 1. The van der Waals surface area contributed by atoms with Gasteiger partial charge in [0.1, 0.15) is 11.4 Å². The Bertz CT molecular complexity index is 745. The molecule has 23 heavy (non-hydrogen) atoms. The van der Waals surface area contributed by atoms with Crippen LogP contribution in [0.25, 0.3) is 0 Å². The van der Waals surface area contributed by atoms with E-state index in [1.807, 2.05) is 31.2 Å². The molecule has 0 bridgehead atoms. The van der Waals surface area contributed by atoms with Crippen molar-refractivity contribution in [3.63, 3.8) is 0 Å². The number of aromatic nitrogens is 2. The molecule has 1 amide bonds. The van der Waals surface area contributed by atoms with Crippen LogP contribution in [0.3, 0.4) is 0 Å². The largest absolute Gasteiger partial charge is 0.493 e. The third-order valence-corrected chi connectivity index (χ3v) is 4.10. The van der Waals surface area contributed by atoms with E-state index >= 15 is 0 Å². The second-order valence-electron chi connectivity index (χ2n) is 5.76. The Balaban J connectivity index is 1.87. The van der Waals surface area contributed by atoms with Gasteiger partial charge in [0.05, 0.1) is 12.1 Å². The highest BCUT2D eigenvalue weighted by Gasteiger charge is 2.35.